The number of hydrogen-bond acceptors (Lipinski definition) is 5. The van der Waals surface area contributed by atoms with Crippen molar-refractivity contribution in [3.63, 3.8) is 0 Å². The first-order valence-corrected chi connectivity index (χ1v) is 8.88. The summed E-state index contributed by atoms with van der Waals surface area (Å²) in [7, 11) is 0. The van der Waals surface area contributed by atoms with Crippen molar-refractivity contribution in [3.05, 3.63) is 23.8 Å². The lowest BCUT2D eigenvalue weighted by Gasteiger charge is -2.54. The molecule has 2 fully saturated rings. The standard InChI is InChI=1S/C19H25NO6/c1-4-24-14-9-11(5-6-13(14)26-10-15(21)22)18(23)20-16-12-7-8-25-17(12)19(16,2)3/h5-6,9,12,16-17H,4,7-8,10H2,1-3H3,(H,20,23)(H,21,22)/t12-,16+,17-/m0/s1. The van der Waals surface area contributed by atoms with Crippen molar-refractivity contribution in [1.82, 2.24) is 5.32 Å². The Morgan fingerprint density at radius 1 is 1.31 bits per heavy atom. The molecule has 0 spiro atoms. The summed E-state index contributed by atoms with van der Waals surface area (Å²) in [6.07, 6.45) is 1.17. The van der Waals surface area contributed by atoms with E-state index in [2.05, 4.69) is 19.2 Å². The van der Waals surface area contributed by atoms with Crippen molar-refractivity contribution in [1.29, 1.82) is 0 Å². The SMILES string of the molecule is CCOc1cc(C(=O)N[C@@H]2[C@@H]3CCO[C@@H]3C2(C)C)ccc1OCC(=O)O. The summed E-state index contributed by atoms with van der Waals surface area (Å²) in [4.78, 5) is 23.4. The third-order valence-corrected chi connectivity index (χ3v) is 5.24. The molecular weight excluding hydrogens is 338 g/mol. The Morgan fingerprint density at radius 2 is 2.08 bits per heavy atom. The fraction of sp³-hybridized carbons (Fsp3) is 0.579. The molecule has 3 atom stereocenters. The van der Waals surface area contributed by atoms with E-state index in [4.69, 9.17) is 19.3 Å². The molecule has 1 heterocycles. The molecule has 142 valence electrons. The number of fused-ring (bicyclic) bond motifs is 1. The van der Waals surface area contributed by atoms with Crippen LogP contribution in [0.4, 0.5) is 0 Å². The zero-order chi connectivity index (χ0) is 18.9. The average molecular weight is 363 g/mol. The first kappa shape index (κ1) is 18.5. The maximum Gasteiger partial charge on any atom is 0.341 e. The number of ether oxygens (including phenoxy) is 3. The number of aliphatic carboxylic acids is 1. The van der Waals surface area contributed by atoms with E-state index in [-0.39, 0.29) is 23.5 Å². The summed E-state index contributed by atoms with van der Waals surface area (Å²) in [5.74, 6) is -0.233. The van der Waals surface area contributed by atoms with Crippen LogP contribution in [0.2, 0.25) is 0 Å². The van der Waals surface area contributed by atoms with Gasteiger partial charge < -0.3 is 24.6 Å². The van der Waals surface area contributed by atoms with Crippen LogP contribution in [0.25, 0.3) is 0 Å². The first-order chi connectivity index (χ1) is 12.3. The minimum atomic E-state index is -1.07. The van der Waals surface area contributed by atoms with Crippen molar-refractivity contribution in [3.8, 4) is 11.5 Å². The van der Waals surface area contributed by atoms with Crippen LogP contribution in [0.3, 0.4) is 0 Å². The lowest BCUT2D eigenvalue weighted by atomic mass is 9.57. The second kappa shape index (κ2) is 7.15. The summed E-state index contributed by atoms with van der Waals surface area (Å²) in [5, 5.41) is 11.9. The van der Waals surface area contributed by atoms with E-state index in [0.717, 1.165) is 13.0 Å². The third kappa shape index (κ3) is 3.35. The second-order valence-corrected chi connectivity index (χ2v) is 7.29. The zero-order valence-corrected chi connectivity index (χ0v) is 15.3. The second-order valence-electron chi connectivity index (χ2n) is 7.29. The number of nitrogens with one attached hydrogen (secondary N) is 1. The number of hydrogen-bond donors (Lipinski definition) is 2. The van der Waals surface area contributed by atoms with E-state index >= 15 is 0 Å². The van der Waals surface area contributed by atoms with Gasteiger partial charge in [-0.1, -0.05) is 13.8 Å². The van der Waals surface area contributed by atoms with Crippen LogP contribution in [0.5, 0.6) is 11.5 Å². The van der Waals surface area contributed by atoms with Gasteiger partial charge in [-0.2, -0.15) is 0 Å². The molecule has 2 N–H and O–H groups in total. The van der Waals surface area contributed by atoms with Crippen molar-refractivity contribution in [2.45, 2.75) is 39.3 Å². The zero-order valence-electron chi connectivity index (χ0n) is 15.3. The molecule has 0 bridgehead atoms. The molecule has 1 aliphatic carbocycles. The molecule has 1 saturated heterocycles. The van der Waals surface area contributed by atoms with Crippen molar-refractivity contribution >= 4 is 11.9 Å². The number of carbonyl (C=O) groups excluding carboxylic acids is 1. The molecule has 1 saturated carbocycles. The quantitative estimate of drug-likeness (QED) is 0.770. The Labute approximate surface area is 152 Å². The Morgan fingerprint density at radius 3 is 2.77 bits per heavy atom. The Balaban J connectivity index is 1.72. The average Bonchev–Trinajstić information content (AvgIpc) is 3.05. The van der Waals surface area contributed by atoms with Gasteiger partial charge in [0, 0.05) is 29.5 Å². The smallest absolute Gasteiger partial charge is 0.341 e. The molecule has 3 rings (SSSR count). The number of amides is 1. The monoisotopic (exact) mass is 363 g/mol. The molecule has 1 aromatic rings. The number of carbonyl (C=O) groups is 2. The van der Waals surface area contributed by atoms with Crippen LogP contribution < -0.4 is 14.8 Å². The molecule has 2 aliphatic rings. The Bertz CT molecular complexity index is 701. The van der Waals surface area contributed by atoms with Gasteiger partial charge in [0.15, 0.2) is 18.1 Å². The molecule has 1 amide bonds. The highest BCUT2D eigenvalue weighted by Gasteiger charge is 2.59. The molecule has 7 heteroatoms. The van der Waals surface area contributed by atoms with Gasteiger partial charge in [-0.15, -0.1) is 0 Å². The molecule has 1 aromatic carbocycles. The van der Waals surface area contributed by atoms with Crippen LogP contribution in [0.15, 0.2) is 18.2 Å². The minimum absolute atomic E-state index is 0.0704. The Kier molecular flexibility index (Phi) is 5.09. The molecule has 0 aromatic heterocycles. The number of benzene rings is 1. The largest absolute Gasteiger partial charge is 0.490 e. The van der Waals surface area contributed by atoms with E-state index < -0.39 is 12.6 Å². The number of rotatable bonds is 7. The molecular formula is C19H25NO6. The highest BCUT2D eigenvalue weighted by Crippen LogP contribution is 2.52. The molecule has 0 radical (unpaired) electrons. The van der Waals surface area contributed by atoms with Gasteiger partial charge in [0.25, 0.3) is 5.91 Å². The summed E-state index contributed by atoms with van der Waals surface area (Å²) >= 11 is 0. The molecule has 0 unspecified atom stereocenters. The van der Waals surface area contributed by atoms with Gasteiger partial charge in [-0.3, -0.25) is 4.79 Å². The normalized spacial score (nSPS) is 25.7. The van der Waals surface area contributed by atoms with Gasteiger partial charge in [0.2, 0.25) is 0 Å². The summed E-state index contributed by atoms with van der Waals surface area (Å²) in [6.45, 7) is 6.69. The van der Waals surface area contributed by atoms with Crippen LogP contribution in [-0.4, -0.2) is 48.9 Å². The van der Waals surface area contributed by atoms with E-state index in [1.54, 1.807) is 18.2 Å². The Hall–Kier alpha value is -2.28. The number of carboxylic acids is 1. The number of carboxylic acid groups (broad SMARTS) is 1. The highest BCUT2D eigenvalue weighted by atomic mass is 16.5. The predicted molar refractivity (Wildman–Crippen MR) is 93.6 cm³/mol. The topological polar surface area (TPSA) is 94.1 Å². The maximum atomic E-state index is 12.7. The van der Waals surface area contributed by atoms with E-state index in [1.165, 1.54) is 0 Å². The van der Waals surface area contributed by atoms with Crippen LogP contribution in [0, 0.1) is 11.3 Å². The molecule has 7 nitrogen and oxygen atoms in total. The fourth-order valence-electron chi connectivity index (χ4n) is 4.02. The van der Waals surface area contributed by atoms with Crippen LogP contribution in [0.1, 0.15) is 37.6 Å². The lowest BCUT2D eigenvalue weighted by molar-refractivity contribution is -0.139. The summed E-state index contributed by atoms with van der Waals surface area (Å²) < 4.78 is 16.5. The first-order valence-electron chi connectivity index (χ1n) is 8.88. The molecule has 26 heavy (non-hydrogen) atoms. The van der Waals surface area contributed by atoms with Gasteiger partial charge in [0.1, 0.15) is 0 Å². The summed E-state index contributed by atoms with van der Waals surface area (Å²) in [6, 6.07) is 4.84. The van der Waals surface area contributed by atoms with Crippen LogP contribution >= 0.6 is 0 Å². The van der Waals surface area contributed by atoms with Crippen molar-refractivity contribution in [2.75, 3.05) is 19.8 Å². The fourth-order valence-corrected chi connectivity index (χ4v) is 4.02. The van der Waals surface area contributed by atoms with Crippen molar-refractivity contribution < 1.29 is 28.9 Å². The molecule has 1 aliphatic heterocycles. The summed E-state index contributed by atoms with van der Waals surface area (Å²) in [5.41, 5.74) is 0.360. The van der Waals surface area contributed by atoms with Gasteiger partial charge >= 0.3 is 5.97 Å². The van der Waals surface area contributed by atoms with Gasteiger partial charge in [0.05, 0.1) is 12.7 Å². The van der Waals surface area contributed by atoms with Crippen molar-refractivity contribution in [2.24, 2.45) is 11.3 Å². The third-order valence-electron chi connectivity index (χ3n) is 5.24. The van der Waals surface area contributed by atoms with Gasteiger partial charge in [-0.05, 0) is 31.5 Å². The predicted octanol–water partition coefficient (Wildman–Crippen LogP) is 2.09. The minimum Gasteiger partial charge on any atom is -0.490 e. The van der Waals surface area contributed by atoms with E-state index in [9.17, 15) is 9.59 Å². The maximum absolute atomic E-state index is 12.7. The van der Waals surface area contributed by atoms with Gasteiger partial charge in [-0.25, -0.2) is 4.79 Å². The lowest BCUT2D eigenvalue weighted by Crippen LogP contribution is -2.66. The van der Waals surface area contributed by atoms with E-state index in [0.29, 0.717) is 29.6 Å². The highest BCUT2D eigenvalue weighted by molar-refractivity contribution is 5.95. The van der Waals surface area contributed by atoms with Crippen LogP contribution in [-0.2, 0) is 9.53 Å². The van der Waals surface area contributed by atoms with E-state index in [1.807, 2.05) is 6.92 Å².